The summed E-state index contributed by atoms with van der Waals surface area (Å²) in [5, 5.41) is 6.39. The third kappa shape index (κ3) is 7.64. The summed E-state index contributed by atoms with van der Waals surface area (Å²) < 4.78 is 5.02. The van der Waals surface area contributed by atoms with Crippen molar-refractivity contribution in [1.82, 2.24) is 14.9 Å². The Morgan fingerprint density at radius 1 is 0.977 bits per heavy atom. The van der Waals surface area contributed by atoms with Crippen molar-refractivity contribution >= 4 is 23.5 Å². The third-order valence-corrected chi connectivity index (χ3v) is 7.62. The molecule has 0 radical (unpaired) electrons. The van der Waals surface area contributed by atoms with Crippen LogP contribution < -0.4 is 10.6 Å². The molecule has 8 nitrogen and oxygen atoms in total. The highest BCUT2D eigenvalue weighted by Crippen LogP contribution is 2.42. The molecule has 1 heterocycles. The van der Waals surface area contributed by atoms with E-state index in [1.807, 2.05) is 18.3 Å². The molecule has 8 heteroatoms. The molecule has 43 heavy (non-hydrogen) atoms. The van der Waals surface area contributed by atoms with E-state index in [0.717, 1.165) is 60.4 Å². The van der Waals surface area contributed by atoms with E-state index in [2.05, 4.69) is 71.0 Å². The molecule has 1 unspecified atom stereocenters. The van der Waals surface area contributed by atoms with Gasteiger partial charge in [0.05, 0.1) is 24.3 Å². The fourth-order valence-corrected chi connectivity index (χ4v) is 5.43. The van der Waals surface area contributed by atoms with E-state index in [4.69, 9.17) is 9.72 Å². The van der Waals surface area contributed by atoms with Gasteiger partial charge in [-0.25, -0.2) is 14.8 Å². The molecule has 2 N–H and O–H groups in total. The number of nitrogens with zero attached hydrogens (tertiary/aromatic N) is 3. The number of benzene rings is 3. The Morgan fingerprint density at radius 2 is 1.74 bits per heavy atom. The summed E-state index contributed by atoms with van der Waals surface area (Å²) in [5.74, 6) is 0.359. The zero-order valence-electron chi connectivity index (χ0n) is 25.1. The fourth-order valence-electron chi connectivity index (χ4n) is 5.43. The molecule has 0 spiro atoms. The maximum atomic E-state index is 12.7. The minimum atomic E-state index is -0.362. The molecular weight excluding hydrogens is 538 g/mol. The number of unbranched alkanes of at least 4 members (excludes halogenated alkanes) is 1. The third-order valence-electron chi connectivity index (χ3n) is 7.62. The van der Waals surface area contributed by atoms with Crippen LogP contribution in [0.4, 0.5) is 11.6 Å². The predicted molar refractivity (Wildman–Crippen MR) is 170 cm³/mol. The van der Waals surface area contributed by atoms with Crippen molar-refractivity contribution in [3.8, 4) is 11.3 Å². The quantitative estimate of drug-likeness (QED) is 0.159. The van der Waals surface area contributed by atoms with E-state index in [9.17, 15) is 9.59 Å². The Balaban J connectivity index is 1.23. The monoisotopic (exact) mass is 577 g/mol. The smallest absolute Gasteiger partial charge is 0.338 e. The van der Waals surface area contributed by atoms with E-state index in [1.54, 1.807) is 31.2 Å². The SMILES string of the molecule is CCOC(=O)c1ccc(CC(=O)Nc2ccc(C3Cc4cnc(NCCCCN(C)C)nc4-c4ccccc43)cc2)cc1. The Kier molecular flexibility index (Phi) is 9.79. The summed E-state index contributed by atoms with van der Waals surface area (Å²) >= 11 is 0. The number of hydrogen-bond donors (Lipinski definition) is 2. The lowest BCUT2D eigenvalue weighted by Gasteiger charge is -2.27. The molecule has 4 aromatic rings. The fraction of sp³-hybridized carbons (Fsp3) is 0.314. The van der Waals surface area contributed by atoms with Crippen LogP contribution in [0.25, 0.3) is 11.3 Å². The van der Waals surface area contributed by atoms with E-state index >= 15 is 0 Å². The summed E-state index contributed by atoms with van der Waals surface area (Å²) in [6.45, 7) is 4.02. The Hall–Kier alpha value is -4.56. The number of nitrogens with one attached hydrogen (secondary N) is 2. The van der Waals surface area contributed by atoms with Gasteiger partial charge in [0.2, 0.25) is 11.9 Å². The van der Waals surface area contributed by atoms with Gasteiger partial charge in [-0.05, 0) is 93.3 Å². The van der Waals surface area contributed by atoms with Crippen LogP contribution in [0, 0.1) is 0 Å². The first-order chi connectivity index (χ1) is 20.9. The number of anilines is 2. The van der Waals surface area contributed by atoms with Gasteiger partial charge in [0.15, 0.2) is 0 Å². The van der Waals surface area contributed by atoms with Crippen LogP contribution in [0.3, 0.4) is 0 Å². The van der Waals surface area contributed by atoms with Crippen LogP contribution in [-0.4, -0.2) is 60.5 Å². The highest BCUT2D eigenvalue weighted by molar-refractivity contribution is 5.93. The number of aromatic nitrogens is 2. The predicted octanol–water partition coefficient (Wildman–Crippen LogP) is 5.94. The highest BCUT2D eigenvalue weighted by Gasteiger charge is 2.27. The average Bonchev–Trinajstić information content (AvgIpc) is 3.01. The lowest BCUT2D eigenvalue weighted by Crippen LogP contribution is -2.17. The number of ether oxygens (including phenoxy) is 1. The highest BCUT2D eigenvalue weighted by atomic mass is 16.5. The number of carbonyl (C=O) groups excluding carboxylic acids is 2. The molecule has 0 bridgehead atoms. The zero-order valence-corrected chi connectivity index (χ0v) is 25.1. The van der Waals surface area contributed by atoms with Gasteiger partial charge in [0, 0.05) is 29.9 Å². The number of carbonyl (C=O) groups is 2. The Bertz CT molecular complexity index is 1550. The summed E-state index contributed by atoms with van der Waals surface area (Å²) in [6, 6.07) is 23.5. The standard InChI is InChI=1S/C35H39N5O3/c1-4-43-34(42)26-13-11-24(12-14-26)21-32(41)38-28-17-15-25(16-18-28)31-22-27-23-37-35(36-19-7-8-20-40(2)3)39-33(27)30-10-6-5-9-29(30)31/h5-6,9-18,23,31H,4,7-8,19-22H2,1-3H3,(H,38,41)(H,36,37,39). The Labute approximate surface area is 253 Å². The van der Waals surface area contributed by atoms with Gasteiger partial charge in [-0.2, -0.15) is 0 Å². The van der Waals surface area contributed by atoms with Gasteiger partial charge >= 0.3 is 5.97 Å². The van der Waals surface area contributed by atoms with E-state index in [1.165, 1.54) is 11.1 Å². The van der Waals surface area contributed by atoms with Gasteiger partial charge in [-0.1, -0.05) is 48.5 Å². The van der Waals surface area contributed by atoms with Crippen LogP contribution in [0.2, 0.25) is 0 Å². The van der Waals surface area contributed by atoms with Gasteiger partial charge in [0.25, 0.3) is 0 Å². The number of hydrogen-bond acceptors (Lipinski definition) is 7. The molecule has 1 amide bonds. The van der Waals surface area contributed by atoms with Crippen LogP contribution in [0.5, 0.6) is 0 Å². The van der Waals surface area contributed by atoms with Crippen molar-refractivity contribution in [2.24, 2.45) is 0 Å². The number of amides is 1. The van der Waals surface area contributed by atoms with Crippen molar-refractivity contribution in [2.75, 3.05) is 44.4 Å². The second-order valence-electron chi connectivity index (χ2n) is 11.1. The van der Waals surface area contributed by atoms with E-state index in [-0.39, 0.29) is 24.2 Å². The van der Waals surface area contributed by atoms with Crippen molar-refractivity contribution in [2.45, 2.75) is 38.5 Å². The molecule has 0 saturated heterocycles. The topological polar surface area (TPSA) is 96.5 Å². The van der Waals surface area contributed by atoms with Gasteiger partial charge in [-0.3, -0.25) is 4.79 Å². The van der Waals surface area contributed by atoms with Crippen molar-refractivity contribution in [3.63, 3.8) is 0 Å². The molecule has 1 aromatic heterocycles. The van der Waals surface area contributed by atoms with Crippen LogP contribution in [0.1, 0.15) is 58.3 Å². The van der Waals surface area contributed by atoms with Gasteiger partial charge < -0.3 is 20.3 Å². The van der Waals surface area contributed by atoms with Crippen LogP contribution >= 0.6 is 0 Å². The van der Waals surface area contributed by atoms with Crippen molar-refractivity contribution in [1.29, 1.82) is 0 Å². The average molecular weight is 578 g/mol. The lowest BCUT2D eigenvalue weighted by molar-refractivity contribution is -0.115. The van der Waals surface area contributed by atoms with Crippen LogP contribution in [0.15, 0.2) is 79.0 Å². The molecule has 0 saturated carbocycles. The largest absolute Gasteiger partial charge is 0.462 e. The van der Waals surface area contributed by atoms with Gasteiger partial charge in [-0.15, -0.1) is 0 Å². The molecule has 0 aliphatic heterocycles. The molecule has 3 aromatic carbocycles. The molecule has 1 atom stereocenters. The molecule has 1 aliphatic rings. The van der Waals surface area contributed by atoms with Crippen LogP contribution in [-0.2, 0) is 22.4 Å². The number of fused-ring (bicyclic) bond motifs is 3. The summed E-state index contributed by atoms with van der Waals surface area (Å²) in [4.78, 5) is 36.3. The molecule has 0 fully saturated rings. The maximum absolute atomic E-state index is 12.7. The maximum Gasteiger partial charge on any atom is 0.338 e. The lowest BCUT2D eigenvalue weighted by atomic mass is 9.78. The van der Waals surface area contributed by atoms with Crippen molar-refractivity contribution in [3.05, 3.63) is 107 Å². The molecule has 5 rings (SSSR count). The number of esters is 1. The van der Waals surface area contributed by atoms with Gasteiger partial charge in [0.1, 0.15) is 0 Å². The minimum Gasteiger partial charge on any atom is -0.462 e. The number of rotatable bonds is 12. The first kappa shape index (κ1) is 29.9. The normalized spacial score (nSPS) is 13.6. The first-order valence-corrected chi connectivity index (χ1v) is 14.9. The summed E-state index contributed by atoms with van der Waals surface area (Å²) in [5.41, 5.74) is 7.73. The molecule has 222 valence electrons. The van der Waals surface area contributed by atoms with Crippen molar-refractivity contribution < 1.29 is 14.3 Å². The summed E-state index contributed by atoms with van der Waals surface area (Å²) in [6.07, 6.45) is 5.18. The second-order valence-corrected chi connectivity index (χ2v) is 11.1. The van der Waals surface area contributed by atoms with E-state index < -0.39 is 0 Å². The first-order valence-electron chi connectivity index (χ1n) is 14.9. The zero-order chi connectivity index (χ0) is 30.2. The second kappa shape index (κ2) is 14.1. The minimum absolute atomic E-state index is 0.118. The molecular formula is C35H39N5O3. The summed E-state index contributed by atoms with van der Waals surface area (Å²) in [7, 11) is 4.19. The van der Waals surface area contributed by atoms with E-state index in [0.29, 0.717) is 18.1 Å². The molecule has 1 aliphatic carbocycles. The Morgan fingerprint density at radius 3 is 2.49 bits per heavy atom.